The monoisotopic (exact) mass is 434 g/mol. The quantitative estimate of drug-likeness (QED) is 0.464. The van der Waals surface area contributed by atoms with Gasteiger partial charge in [-0.2, -0.15) is 10.2 Å². The Morgan fingerprint density at radius 1 is 1.12 bits per heavy atom. The summed E-state index contributed by atoms with van der Waals surface area (Å²) in [4.78, 5) is 18.4. The number of carbonyl (C=O) groups excluding carboxylic acids is 1. The molecular weight excluding hydrogens is 404 g/mol. The van der Waals surface area contributed by atoms with E-state index in [0.717, 1.165) is 22.8 Å². The molecule has 1 amide bonds. The number of hydrogen-bond acceptors (Lipinski definition) is 5. The highest BCUT2D eigenvalue weighted by atomic mass is 16.3. The van der Waals surface area contributed by atoms with Crippen LogP contribution in [0, 0.1) is 20.8 Å². The molecule has 0 radical (unpaired) electrons. The molecule has 8 heteroatoms. The van der Waals surface area contributed by atoms with Crippen LogP contribution < -0.4 is 5.32 Å². The van der Waals surface area contributed by atoms with Gasteiger partial charge in [-0.3, -0.25) is 4.79 Å². The summed E-state index contributed by atoms with van der Waals surface area (Å²) < 4.78 is 9.39. The van der Waals surface area contributed by atoms with Crippen LogP contribution >= 0.6 is 0 Å². The third-order valence-electron chi connectivity index (χ3n) is 5.33. The van der Waals surface area contributed by atoms with Crippen LogP contribution in [0.4, 0.5) is 5.82 Å². The first-order chi connectivity index (χ1) is 15.0. The standard InChI is InChI=1S/C24H30N6O2/c1-13(2)29-22-19(12-25-29)18(11-20(26-22)17-10-15(4)32-16(17)5)23(31)27-21-9-14(3)28-30(21)24(6,7)8/h9-13H,1-8H3,(H,27,31). The zero-order valence-corrected chi connectivity index (χ0v) is 19.9. The first-order valence-corrected chi connectivity index (χ1v) is 10.8. The van der Waals surface area contributed by atoms with Gasteiger partial charge in [0.05, 0.1) is 34.1 Å². The summed E-state index contributed by atoms with van der Waals surface area (Å²) in [6.07, 6.45) is 1.71. The SMILES string of the molecule is Cc1cc(NC(=O)c2cc(-c3cc(C)oc3C)nc3c2cnn3C(C)C)n(C(C)(C)C)n1. The van der Waals surface area contributed by atoms with E-state index >= 15 is 0 Å². The van der Waals surface area contributed by atoms with Crippen LogP contribution in [-0.4, -0.2) is 30.5 Å². The largest absolute Gasteiger partial charge is 0.466 e. The van der Waals surface area contributed by atoms with Gasteiger partial charge in [0.25, 0.3) is 5.91 Å². The molecule has 32 heavy (non-hydrogen) atoms. The van der Waals surface area contributed by atoms with Crippen LogP contribution in [0.3, 0.4) is 0 Å². The van der Waals surface area contributed by atoms with E-state index in [0.29, 0.717) is 28.1 Å². The molecule has 0 spiro atoms. The predicted octanol–water partition coefficient (Wildman–Crippen LogP) is 5.40. The molecule has 0 aliphatic heterocycles. The van der Waals surface area contributed by atoms with E-state index in [1.165, 1.54) is 0 Å². The lowest BCUT2D eigenvalue weighted by Crippen LogP contribution is -2.27. The Hall–Kier alpha value is -3.42. The van der Waals surface area contributed by atoms with Crippen LogP contribution in [0.2, 0.25) is 0 Å². The minimum atomic E-state index is -0.274. The highest BCUT2D eigenvalue weighted by molar-refractivity contribution is 6.12. The number of amides is 1. The van der Waals surface area contributed by atoms with E-state index < -0.39 is 0 Å². The molecule has 4 rings (SSSR count). The first-order valence-electron chi connectivity index (χ1n) is 10.8. The first kappa shape index (κ1) is 21.8. The lowest BCUT2D eigenvalue weighted by molar-refractivity contribution is 0.102. The molecule has 0 aliphatic carbocycles. The molecule has 0 fully saturated rings. The zero-order valence-electron chi connectivity index (χ0n) is 19.9. The number of hydrogen-bond donors (Lipinski definition) is 1. The van der Waals surface area contributed by atoms with Crippen LogP contribution in [0.5, 0.6) is 0 Å². The average Bonchev–Trinajstić information content (AvgIpc) is 3.36. The number of aromatic nitrogens is 5. The van der Waals surface area contributed by atoms with Crippen LogP contribution in [0.1, 0.15) is 68.2 Å². The molecule has 4 aromatic rings. The van der Waals surface area contributed by atoms with E-state index in [2.05, 4.69) is 36.3 Å². The summed E-state index contributed by atoms with van der Waals surface area (Å²) in [6.45, 7) is 15.9. The van der Waals surface area contributed by atoms with Crippen LogP contribution in [0.15, 0.2) is 28.8 Å². The van der Waals surface area contributed by atoms with E-state index in [1.807, 2.05) is 62.2 Å². The van der Waals surface area contributed by atoms with Gasteiger partial charge in [0.2, 0.25) is 0 Å². The molecule has 0 unspecified atom stereocenters. The fraction of sp³-hybridized carbons (Fsp3) is 0.417. The summed E-state index contributed by atoms with van der Waals surface area (Å²) in [6, 6.07) is 5.73. The van der Waals surface area contributed by atoms with Crippen molar-refractivity contribution < 1.29 is 9.21 Å². The van der Waals surface area contributed by atoms with E-state index in [-0.39, 0.29) is 17.5 Å². The molecule has 0 aromatic carbocycles. The Bertz CT molecular complexity index is 1320. The van der Waals surface area contributed by atoms with Gasteiger partial charge in [-0.05, 0) is 67.5 Å². The molecule has 4 aromatic heterocycles. The predicted molar refractivity (Wildman–Crippen MR) is 125 cm³/mol. The lowest BCUT2D eigenvalue weighted by atomic mass is 10.1. The number of pyridine rings is 1. The summed E-state index contributed by atoms with van der Waals surface area (Å²) in [5.41, 5.74) is 3.29. The molecule has 0 aliphatic rings. The zero-order chi connectivity index (χ0) is 23.4. The van der Waals surface area contributed by atoms with E-state index in [1.54, 1.807) is 6.20 Å². The van der Waals surface area contributed by atoms with Crippen molar-refractivity contribution in [3.63, 3.8) is 0 Å². The third kappa shape index (κ3) is 3.81. The number of carbonyl (C=O) groups is 1. The maximum atomic E-state index is 13.5. The number of rotatable bonds is 4. The fourth-order valence-electron chi connectivity index (χ4n) is 3.89. The van der Waals surface area contributed by atoms with Gasteiger partial charge < -0.3 is 9.73 Å². The molecule has 4 heterocycles. The number of fused-ring (bicyclic) bond motifs is 1. The summed E-state index contributed by atoms with van der Waals surface area (Å²) in [5.74, 6) is 1.98. The fourth-order valence-corrected chi connectivity index (χ4v) is 3.89. The van der Waals surface area contributed by atoms with Crippen molar-refractivity contribution in [3.8, 4) is 11.3 Å². The Labute approximate surface area is 187 Å². The van der Waals surface area contributed by atoms with Crippen molar-refractivity contribution in [2.24, 2.45) is 0 Å². The van der Waals surface area contributed by atoms with E-state index in [9.17, 15) is 4.79 Å². The molecule has 8 nitrogen and oxygen atoms in total. The Morgan fingerprint density at radius 3 is 2.44 bits per heavy atom. The van der Waals surface area contributed by atoms with E-state index in [4.69, 9.17) is 9.40 Å². The Morgan fingerprint density at radius 2 is 1.84 bits per heavy atom. The highest BCUT2D eigenvalue weighted by Crippen LogP contribution is 2.31. The van der Waals surface area contributed by atoms with Crippen molar-refractivity contribution >= 4 is 22.8 Å². The minimum absolute atomic E-state index is 0.100. The Kier molecular flexibility index (Phi) is 5.19. The highest BCUT2D eigenvalue weighted by Gasteiger charge is 2.24. The van der Waals surface area contributed by atoms with Gasteiger partial charge in [-0.25, -0.2) is 14.3 Å². The van der Waals surface area contributed by atoms with Crippen LogP contribution in [-0.2, 0) is 5.54 Å². The summed E-state index contributed by atoms with van der Waals surface area (Å²) in [7, 11) is 0. The second-order valence-electron chi connectivity index (χ2n) is 9.51. The molecule has 168 valence electrons. The van der Waals surface area contributed by atoms with Crippen molar-refractivity contribution in [1.29, 1.82) is 0 Å². The second-order valence-corrected chi connectivity index (χ2v) is 9.51. The van der Waals surface area contributed by atoms with Gasteiger partial charge in [0.15, 0.2) is 5.65 Å². The summed E-state index contributed by atoms with van der Waals surface area (Å²) in [5, 5.41) is 12.8. The molecule has 0 atom stereocenters. The van der Waals surface area contributed by atoms with Crippen molar-refractivity contribution in [2.45, 2.75) is 67.0 Å². The normalized spacial score (nSPS) is 12.2. The molecular formula is C24H30N6O2. The number of nitrogens with zero attached hydrogens (tertiary/aromatic N) is 5. The second kappa shape index (κ2) is 7.62. The molecule has 0 bridgehead atoms. The third-order valence-corrected chi connectivity index (χ3v) is 5.33. The lowest BCUT2D eigenvalue weighted by Gasteiger charge is -2.22. The smallest absolute Gasteiger partial charge is 0.257 e. The van der Waals surface area contributed by atoms with Crippen molar-refractivity contribution in [3.05, 3.63) is 47.2 Å². The van der Waals surface area contributed by atoms with Crippen molar-refractivity contribution in [1.82, 2.24) is 24.5 Å². The number of nitrogens with one attached hydrogen (secondary N) is 1. The Balaban J connectivity index is 1.87. The number of anilines is 1. The average molecular weight is 435 g/mol. The number of aryl methyl sites for hydroxylation is 3. The summed E-state index contributed by atoms with van der Waals surface area (Å²) >= 11 is 0. The minimum Gasteiger partial charge on any atom is -0.466 e. The molecule has 0 saturated carbocycles. The van der Waals surface area contributed by atoms with Gasteiger partial charge in [0, 0.05) is 17.7 Å². The van der Waals surface area contributed by atoms with Crippen LogP contribution in [0.25, 0.3) is 22.3 Å². The topological polar surface area (TPSA) is 90.8 Å². The van der Waals surface area contributed by atoms with Gasteiger partial charge in [0.1, 0.15) is 17.3 Å². The maximum Gasteiger partial charge on any atom is 0.257 e. The molecule has 1 N–H and O–H groups in total. The van der Waals surface area contributed by atoms with Crippen molar-refractivity contribution in [2.75, 3.05) is 5.32 Å². The van der Waals surface area contributed by atoms with Gasteiger partial charge in [-0.15, -0.1) is 0 Å². The van der Waals surface area contributed by atoms with Gasteiger partial charge >= 0.3 is 0 Å². The van der Waals surface area contributed by atoms with Gasteiger partial charge in [-0.1, -0.05) is 0 Å². The maximum absolute atomic E-state index is 13.5. The number of furan rings is 1. The molecule has 0 saturated heterocycles.